The molecule has 26 heavy (non-hydrogen) atoms. The van der Waals surface area contributed by atoms with Crippen LogP contribution in [0.3, 0.4) is 0 Å². The van der Waals surface area contributed by atoms with Crippen LogP contribution in [0.25, 0.3) is 0 Å². The van der Waals surface area contributed by atoms with Crippen LogP contribution >= 0.6 is 0 Å². The van der Waals surface area contributed by atoms with E-state index >= 15 is 0 Å². The van der Waals surface area contributed by atoms with Crippen molar-refractivity contribution in [3.8, 4) is 23.7 Å². The van der Waals surface area contributed by atoms with Gasteiger partial charge in [0.25, 0.3) is 0 Å². The van der Waals surface area contributed by atoms with Crippen molar-refractivity contribution >= 4 is 11.6 Å². The molecule has 3 aromatic rings. The maximum absolute atomic E-state index is 12.3. The van der Waals surface area contributed by atoms with Gasteiger partial charge in [-0.25, -0.2) is 0 Å². The Morgan fingerprint density at radius 2 is 0.962 bits per heavy atom. The van der Waals surface area contributed by atoms with Gasteiger partial charge in [-0.1, -0.05) is 66.4 Å². The summed E-state index contributed by atoms with van der Waals surface area (Å²) in [6.07, 6.45) is 0. The van der Waals surface area contributed by atoms with Gasteiger partial charge in [0.15, 0.2) is 0 Å². The summed E-state index contributed by atoms with van der Waals surface area (Å²) in [6.45, 7) is 0. The number of carbonyl (C=O) groups excluding carboxylic acids is 2. The fraction of sp³-hybridized carbons (Fsp3) is 0. The van der Waals surface area contributed by atoms with Gasteiger partial charge in [-0.3, -0.25) is 9.59 Å². The molecule has 0 aromatic heterocycles. The number of Topliss-reactive ketones (excluding diaryl/α,β-unsaturated/α-hetero) is 2. The van der Waals surface area contributed by atoms with E-state index in [0.717, 1.165) is 11.1 Å². The van der Waals surface area contributed by atoms with Crippen molar-refractivity contribution in [1.82, 2.24) is 0 Å². The van der Waals surface area contributed by atoms with Crippen molar-refractivity contribution < 1.29 is 9.59 Å². The first-order chi connectivity index (χ1) is 12.7. The van der Waals surface area contributed by atoms with E-state index in [2.05, 4.69) is 23.7 Å². The van der Waals surface area contributed by atoms with Crippen LogP contribution in [0.2, 0.25) is 0 Å². The second-order valence-electron chi connectivity index (χ2n) is 5.47. The highest BCUT2D eigenvalue weighted by Crippen LogP contribution is 2.07. The third-order valence-electron chi connectivity index (χ3n) is 3.58. The first-order valence-corrected chi connectivity index (χ1v) is 8.05. The average molecular weight is 334 g/mol. The van der Waals surface area contributed by atoms with Crippen LogP contribution in [0.1, 0.15) is 31.8 Å². The number of hydrogen-bond donors (Lipinski definition) is 0. The van der Waals surface area contributed by atoms with Gasteiger partial charge in [-0.15, -0.1) is 0 Å². The van der Waals surface area contributed by atoms with E-state index in [1.807, 2.05) is 60.7 Å². The summed E-state index contributed by atoms with van der Waals surface area (Å²) in [5.41, 5.74) is 2.28. The van der Waals surface area contributed by atoms with Gasteiger partial charge in [-0.05, 0) is 42.2 Å². The zero-order valence-corrected chi connectivity index (χ0v) is 13.9. The molecule has 0 heterocycles. The lowest BCUT2D eigenvalue weighted by Crippen LogP contribution is -2.00. The first kappa shape index (κ1) is 17.0. The Morgan fingerprint density at radius 1 is 0.538 bits per heavy atom. The van der Waals surface area contributed by atoms with Crippen molar-refractivity contribution in [2.24, 2.45) is 0 Å². The molecule has 0 fully saturated rings. The molecule has 3 aromatic carbocycles. The number of carbonyl (C=O) groups is 2. The smallest absolute Gasteiger partial charge is 0.236 e. The third-order valence-corrected chi connectivity index (χ3v) is 3.58. The Morgan fingerprint density at radius 3 is 1.38 bits per heavy atom. The zero-order chi connectivity index (χ0) is 18.2. The molecular formula is C24H14O2. The third kappa shape index (κ3) is 4.57. The molecule has 0 bridgehead atoms. The lowest BCUT2D eigenvalue weighted by Gasteiger charge is -1.97. The fourth-order valence-corrected chi connectivity index (χ4v) is 2.25. The van der Waals surface area contributed by atoms with Crippen LogP contribution in [0, 0.1) is 23.7 Å². The standard InChI is InChI=1S/C24H14O2/c25-23(16-14-19-8-3-1-4-9-19)21-12-7-13-22(18-21)24(26)17-15-20-10-5-2-6-11-20/h1-13,18H. The monoisotopic (exact) mass is 334 g/mol. The highest BCUT2D eigenvalue weighted by atomic mass is 16.1. The van der Waals surface area contributed by atoms with Gasteiger partial charge in [0.05, 0.1) is 0 Å². The van der Waals surface area contributed by atoms with Crippen molar-refractivity contribution in [2.45, 2.75) is 0 Å². The minimum absolute atomic E-state index is 0.334. The van der Waals surface area contributed by atoms with Crippen LogP contribution in [-0.4, -0.2) is 11.6 Å². The van der Waals surface area contributed by atoms with Crippen LogP contribution in [0.5, 0.6) is 0 Å². The minimum atomic E-state index is -0.334. The van der Waals surface area contributed by atoms with Crippen molar-refractivity contribution in [3.05, 3.63) is 107 Å². The molecule has 0 atom stereocenters. The molecule has 0 aliphatic heterocycles. The first-order valence-electron chi connectivity index (χ1n) is 8.05. The quantitative estimate of drug-likeness (QED) is 0.521. The predicted molar refractivity (Wildman–Crippen MR) is 102 cm³/mol. The zero-order valence-electron chi connectivity index (χ0n) is 13.9. The highest BCUT2D eigenvalue weighted by Gasteiger charge is 2.07. The van der Waals surface area contributed by atoms with Crippen molar-refractivity contribution in [3.63, 3.8) is 0 Å². The van der Waals surface area contributed by atoms with E-state index in [0.29, 0.717) is 11.1 Å². The summed E-state index contributed by atoms with van der Waals surface area (Å²) in [5, 5.41) is 0. The average Bonchev–Trinajstić information content (AvgIpc) is 2.72. The number of rotatable bonds is 2. The van der Waals surface area contributed by atoms with Crippen LogP contribution in [0.4, 0.5) is 0 Å². The molecule has 0 aliphatic rings. The molecule has 0 N–H and O–H groups in total. The molecule has 0 spiro atoms. The minimum Gasteiger partial charge on any atom is -0.279 e. The Bertz CT molecular complexity index is 972. The second-order valence-corrected chi connectivity index (χ2v) is 5.47. The molecule has 0 saturated heterocycles. The molecule has 3 rings (SSSR count). The molecular weight excluding hydrogens is 320 g/mol. The Labute approximate surface area is 152 Å². The van der Waals surface area contributed by atoms with Gasteiger partial charge in [0, 0.05) is 22.3 Å². The SMILES string of the molecule is O=C(C#Cc1ccccc1)c1cccc(C(=O)C#Cc2ccccc2)c1. The van der Waals surface area contributed by atoms with Crippen molar-refractivity contribution in [2.75, 3.05) is 0 Å². The predicted octanol–water partition coefficient (Wildman–Crippen LogP) is 4.16. The largest absolute Gasteiger partial charge is 0.279 e. The summed E-state index contributed by atoms with van der Waals surface area (Å²) in [6, 6.07) is 25.0. The summed E-state index contributed by atoms with van der Waals surface area (Å²) in [4.78, 5) is 24.5. The van der Waals surface area contributed by atoms with Crippen molar-refractivity contribution in [1.29, 1.82) is 0 Å². The van der Waals surface area contributed by atoms with Gasteiger partial charge in [-0.2, -0.15) is 0 Å². The maximum atomic E-state index is 12.3. The van der Waals surface area contributed by atoms with E-state index in [1.54, 1.807) is 18.2 Å². The van der Waals surface area contributed by atoms with Gasteiger partial charge >= 0.3 is 0 Å². The Hall–Kier alpha value is -3.88. The topological polar surface area (TPSA) is 34.1 Å². The molecule has 0 unspecified atom stereocenters. The van der Waals surface area contributed by atoms with Crippen LogP contribution in [-0.2, 0) is 0 Å². The van der Waals surface area contributed by atoms with Crippen LogP contribution in [0.15, 0.2) is 84.9 Å². The van der Waals surface area contributed by atoms with E-state index in [9.17, 15) is 9.59 Å². The van der Waals surface area contributed by atoms with Gasteiger partial charge in [0.2, 0.25) is 11.6 Å². The Balaban J connectivity index is 1.78. The summed E-state index contributed by atoms with van der Waals surface area (Å²) >= 11 is 0. The molecule has 2 nitrogen and oxygen atoms in total. The lowest BCUT2D eigenvalue weighted by atomic mass is 10.0. The molecule has 122 valence electrons. The molecule has 0 amide bonds. The molecule has 0 aliphatic carbocycles. The lowest BCUT2D eigenvalue weighted by molar-refractivity contribution is 0.105. The van der Waals surface area contributed by atoms with E-state index < -0.39 is 0 Å². The molecule has 0 saturated carbocycles. The highest BCUT2D eigenvalue weighted by molar-refractivity contribution is 6.13. The van der Waals surface area contributed by atoms with E-state index in [-0.39, 0.29) is 11.6 Å². The van der Waals surface area contributed by atoms with E-state index in [4.69, 9.17) is 0 Å². The van der Waals surface area contributed by atoms with Gasteiger partial charge in [0.1, 0.15) is 0 Å². The normalized spacial score (nSPS) is 9.23. The van der Waals surface area contributed by atoms with Crippen LogP contribution < -0.4 is 0 Å². The number of hydrogen-bond acceptors (Lipinski definition) is 2. The molecule has 0 radical (unpaired) electrons. The van der Waals surface area contributed by atoms with Gasteiger partial charge < -0.3 is 0 Å². The fourth-order valence-electron chi connectivity index (χ4n) is 2.25. The number of ketones is 2. The summed E-state index contributed by atoms with van der Waals surface area (Å²) in [7, 11) is 0. The maximum Gasteiger partial charge on any atom is 0.236 e. The number of benzene rings is 3. The van der Waals surface area contributed by atoms with E-state index in [1.165, 1.54) is 6.07 Å². The second kappa shape index (κ2) is 8.29. The Kier molecular flexibility index (Phi) is 5.41. The molecule has 2 heteroatoms. The summed E-state index contributed by atoms with van der Waals surface area (Å²) in [5.74, 6) is 10.2. The summed E-state index contributed by atoms with van der Waals surface area (Å²) < 4.78 is 0.